The summed E-state index contributed by atoms with van der Waals surface area (Å²) in [5.41, 5.74) is 3.80. The highest BCUT2D eigenvalue weighted by Crippen LogP contribution is 2.53. The van der Waals surface area contributed by atoms with Gasteiger partial charge >= 0.3 is 0 Å². The van der Waals surface area contributed by atoms with Crippen molar-refractivity contribution < 1.29 is 39.5 Å². The first-order valence-corrected chi connectivity index (χ1v) is 11.1. The lowest BCUT2D eigenvalue weighted by Gasteiger charge is -2.46. The first kappa shape index (κ1) is 22.7. The van der Waals surface area contributed by atoms with Gasteiger partial charge in [-0.3, -0.25) is 14.4 Å². The number of aliphatic hydroxyl groups is 3. The zero-order chi connectivity index (χ0) is 25.2. The zero-order valence-electron chi connectivity index (χ0n) is 18.7. The van der Waals surface area contributed by atoms with Gasteiger partial charge in [0, 0.05) is 17.9 Å². The van der Waals surface area contributed by atoms with E-state index in [2.05, 4.69) is 0 Å². The fourth-order valence-electron chi connectivity index (χ4n) is 5.68. The minimum Gasteiger partial charge on any atom is -0.508 e. The molecule has 2 aromatic carbocycles. The van der Waals surface area contributed by atoms with E-state index in [9.17, 15) is 34.8 Å². The number of hydrogen-bond donors (Lipinski definition) is 5. The molecule has 0 spiro atoms. The lowest BCUT2D eigenvalue weighted by molar-refractivity contribution is -0.147. The number of amides is 1. The third-order valence-corrected chi connectivity index (χ3v) is 7.33. The van der Waals surface area contributed by atoms with Crippen LogP contribution in [0.25, 0.3) is 16.9 Å². The molecular weight excluding hydrogens is 454 g/mol. The van der Waals surface area contributed by atoms with Crippen LogP contribution in [0.2, 0.25) is 0 Å². The van der Waals surface area contributed by atoms with E-state index in [4.69, 9.17) is 10.5 Å². The van der Waals surface area contributed by atoms with Crippen molar-refractivity contribution in [1.29, 1.82) is 0 Å². The number of ketones is 2. The summed E-state index contributed by atoms with van der Waals surface area (Å²) in [5, 5.41) is 43.7. The average molecular weight is 477 g/mol. The second-order valence-electron chi connectivity index (χ2n) is 9.12. The molecule has 0 bridgehead atoms. The highest BCUT2D eigenvalue weighted by Gasteiger charge is 2.60. The summed E-state index contributed by atoms with van der Waals surface area (Å²) in [7, 11) is 1.54. The highest BCUT2D eigenvalue weighted by atomic mass is 16.5. The number of nitrogens with two attached hydrogens (primary N) is 1. The summed E-state index contributed by atoms with van der Waals surface area (Å²) in [6, 6.07) is 10.4. The molecule has 0 aromatic heterocycles. The van der Waals surface area contributed by atoms with Gasteiger partial charge in [-0.15, -0.1) is 0 Å². The number of phenolic OH excluding ortho intramolecular Hbond substituents is 1. The van der Waals surface area contributed by atoms with Gasteiger partial charge in [0.15, 0.2) is 11.4 Å². The number of carbonyl (C=O) groups excluding carboxylic acids is 3. The maximum absolute atomic E-state index is 13.5. The third-order valence-electron chi connectivity index (χ3n) is 7.33. The number of phenols is 1. The monoisotopic (exact) mass is 477 g/mol. The quantitative estimate of drug-likeness (QED) is 0.419. The van der Waals surface area contributed by atoms with Crippen molar-refractivity contribution in [2.45, 2.75) is 24.9 Å². The molecule has 5 rings (SSSR count). The first-order chi connectivity index (χ1) is 16.6. The van der Waals surface area contributed by atoms with E-state index in [1.54, 1.807) is 25.3 Å². The van der Waals surface area contributed by atoms with Crippen LogP contribution < -0.4 is 10.5 Å². The number of methoxy groups -OCH3 is 1. The third kappa shape index (κ3) is 3.08. The van der Waals surface area contributed by atoms with E-state index in [1.165, 1.54) is 6.07 Å². The summed E-state index contributed by atoms with van der Waals surface area (Å²) in [4.78, 5) is 37.7. The van der Waals surface area contributed by atoms with Crippen molar-refractivity contribution >= 4 is 23.2 Å². The average Bonchev–Trinajstić information content (AvgIpc) is 2.81. The van der Waals surface area contributed by atoms with Crippen LogP contribution in [0.1, 0.15) is 24.0 Å². The number of fused-ring (bicyclic) bond motifs is 3. The molecule has 2 aromatic rings. The molecule has 6 N–H and O–H groups in total. The Morgan fingerprint density at radius 2 is 1.86 bits per heavy atom. The Bertz CT molecular complexity index is 1390. The maximum atomic E-state index is 13.5. The van der Waals surface area contributed by atoms with Crippen molar-refractivity contribution in [2.24, 2.45) is 17.6 Å². The van der Waals surface area contributed by atoms with E-state index < -0.39 is 52.0 Å². The Kier molecular flexibility index (Phi) is 4.99. The molecule has 0 radical (unpaired) electrons. The van der Waals surface area contributed by atoms with Gasteiger partial charge in [0.2, 0.25) is 5.78 Å². The number of aromatic hydroxyl groups is 1. The van der Waals surface area contributed by atoms with Crippen LogP contribution in [0.5, 0.6) is 11.5 Å². The van der Waals surface area contributed by atoms with Gasteiger partial charge < -0.3 is 30.9 Å². The molecule has 1 saturated carbocycles. The van der Waals surface area contributed by atoms with Crippen LogP contribution >= 0.6 is 0 Å². The zero-order valence-corrected chi connectivity index (χ0v) is 18.7. The van der Waals surface area contributed by atoms with Gasteiger partial charge in [-0.1, -0.05) is 18.2 Å². The van der Waals surface area contributed by atoms with Crippen LogP contribution in [-0.2, 0) is 20.8 Å². The van der Waals surface area contributed by atoms with Gasteiger partial charge in [-0.05, 0) is 53.6 Å². The molecule has 9 nitrogen and oxygen atoms in total. The Hall–Kier alpha value is -4.11. The van der Waals surface area contributed by atoms with Crippen molar-refractivity contribution in [3.8, 4) is 22.6 Å². The van der Waals surface area contributed by atoms with Crippen molar-refractivity contribution in [3.05, 3.63) is 64.4 Å². The molecule has 0 aliphatic heterocycles. The second-order valence-corrected chi connectivity index (χ2v) is 9.12. The summed E-state index contributed by atoms with van der Waals surface area (Å²) in [6.07, 6.45) is -0.0454. The summed E-state index contributed by atoms with van der Waals surface area (Å²) in [5.74, 6) is -5.86. The van der Waals surface area contributed by atoms with Crippen LogP contribution in [-0.4, -0.2) is 50.6 Å². The van der Waals surface area contributed by atoms with E-state index in [0.29, 0.717) is 16.9 Å². The molecule has 9 heteroatoms. The number of Topliss-reactive ketones (excluding diaryl/α,β-unsaturated/α-hetero) is 2. The van der Waals surface area contributed by atoms with Gasteiger partial charge in [0.1, 0.15) is 28.6 Å². The number of aliphatic hydroxyl groups excluding tert-OH is 2. The molecule has 180 valence electrons. The van der Waals surface area contributed by atoms with Crippen LogP contribution in [0, 0.1) is 11.8 Å². The predicted octanol–water partition coefficient (Wildman–Crippen LogP) is 2.10. The van der Waals surface area contributed by atoms with E-state index in [-0.39, 0.29) is 36.1 Å². The Morgan fingerprint density at radius 3 is 2.54 bits per heavy atom. The molecule has 3 aliphatic rings. The van der Waals surface area contributed by atoms with E-state index in [0.717, 1.165) is 5.56 Å². The fraction of sp³-hybridized carbons (Fsp3) is 0.269. The molecule has 0 heterocycles. The number of carbonyl (C=O) groups is 3. The number of hydrogen-bond acceptors (Lipinski definition) is 8. The smallest absolute Gasteiger partial charge is 0.255 e. The normalized spacial score (nSPS) is 25.7. The van der Waals surface area contributed by atoms with Gasteiger partial charge in [-0.25, -0.2) is 0 Å². The van der Waals surface area contributed by atoms with Crippen LogP contribution in [0.15, 0.2) is 53.3 Å². The molecule has 35 heavy (non-hydrogen) atoms. The largest absolute Gasteiger partial charge is 0.508 e. The first-order valence-electron chi connectivity index (χ1n) is 11.1. The van der Waals surface area contributed by atoms with Crippen molar-refractivity contribution in [1.82, 2.24) is 0 Å². The van der Waals surface area contributed by atoms with Crippen LogP contribution in [0.3, 0.4) is 0 Å². The summed E-state index contributed by atoms with van der Waals surface area (Å²) < 4.78 is 5.31. The number of primary amides is 1. The standard InChI is InChI=1S/C26H23NO8/c1-35-14-4-2-3-11(8-14)15-5-6-17(28)20-16(15)9-12-7-13-10-18(29)21(25(27)33)24(32)26(13,34)23(31)19(12)22(20)30/h2-6,8,12-13,28,30,32,34H,7,9-10H2,1H3,(H2,27,33)/t12-,13+,26+/m1/s1. The fourth-order valence-corrected chi connectivity index (χ4v) is 5.68. The van der Waals surface area contributed by atoms with Gasteiger partial charge in [0.25, 0.3) is 5.91 Å². The Morgan fingerprint density at radius 1 is 1.11 bits per heavy atom. The lowest BCUT2D eigenvalue weighted by Crippen LogP contribution is -2.58. The predicted molar refractivity (Wildman–Crippen MR) is 123 cm³/mol. The van der Waals surface area contributed by atoms with E-state index >= 15 is 0 Å². The molecular formula is C26H23NO8. The lowest BCUT2D eigenvalue weighted by atomic mass is 9.59. The van der Waals surface area contributed by atoms with Gasteiger partial charge in [0.05, 0.1) is 12.7 Å². The maximum Gasteiger partial charge on any atom is 0.255 e. The molecule has 0 saturated heterocycles. The number of rotatable bonds is 3. The van der Waals surface area contributed by atoms with Crippen LogP contribution in [0.4, 0.5) is 0 Å². The molecule has 1 fully saturated rings. The molecule has 3 atom stereocenters. The minimum atomic E-state index is -2.57. The molecule has 3 aliphatic carbocycles. The topological polar surface area (TPSA) is 167 Å². The molecule has 1 amide bonds. The van der Waals surface area contributed by atoms with Gasteiger partial charge in [-0.2, -0.15) is 0 Å². The van der Waals surface area contributed by atoms with Crippen molar-refractivity contribution in [2.75, 3.05) is 7.11 Å². The Balaban J connectivity index is 1.70. The highest BCUT2D eigenvalue weighted by molar-refractivity contribution is 6.22. The summed E-state index contributed by atoms with van der Waals surface area (Å²) in [6.45, 7) is 0. The number of benzene rings is 2. The Labute approximate surface area is 199 Å². The molecule has 0 unspecified atom stereocenters. The second kappa shape index (κ2) is 7.71. The summed E-state index contributed by atoms with van der Waals surface area (Å²) >= 11 is 0. The van der Waals surface area contributed by atoms with Crippen molar-refractivity contribution in [3.63, 3.8) is 0 Å². The number of ether oxygens (including phenoxy) is 1. The SMILES string of the molecule is COc1cccc(-c2ccc(O)c3c2C[C@H]2C[C@H]4CC(=O)C(C(N)=O)=C(O)[C@@]4(O)C(=O)C2=C3O)c1. The minimum absolute atomic E-state index is 0.0532. The van der Waals surface area contributed by atoms with E-state index in [1.807, 2.05) is 12.1 Å².